The first kappa shape index (κ1) is 21.4. The third kappa shape index (κ3) is 5.21. The monoisotopic (exact) mass is 398 g/mol. The Morgan fingerprint density at radius 1 is 1.07 bits per heavy atom. The number of hydrogen-bond acceptors (Lipinski definition) is 3. The molecule has 1 aromatic heterocycles. The van der Waals surface area contributed by atoms with Gasteiger partial charge in [0.2, 0.25) is 0 Å². The van der Waals surface area contributed by atoms with Gasteiger partial charge in [-0.25, -0.2) is 4.79 Å². The van der Waals surface area contributed by atoms with Crippen LogP contribution >= 0.6 is 0 Å². The average Bonchev–Trinajstić information content (AvgIpc) is 2.92. The van der Waals surface area contributed by atoms with Crippen molar-refractivity contribution in [1.29, 1.82) is 0 Å². The summed E-state index contributed by atoms with van der Waals surface area (Å²) in [6, 6.07) is 8.44. The van der Waals surface area contributed by atoms with E-state index >= 15 is 0 Å². The van der Waals surface area contributed by atoms with E-state index < -0.39 is 5.97 Å². The first-order valence-electron chi connectivity index (χ1n) is 10.8. The number of aromatic carboxylic acids is 1. The highest BCUT2D eigenvalue weighted by molar-refractivity contribution is 5.91. The zero-order valence-electron chi connectivity index (χ0n) is 18.0. The van der Waals surface area contributed by atoms with E-state index in [1.807, 2.05) is 38.1 Å². The maximum absolute atomic E-state index is 12.0. The van der Waals surface area contributed by atoms with E-state index in [9.17, 15) is 9.90 Å². The SMILES string of the molecule is COc1ccc(Cn2c(C)c(CNC3CCCCCCC3)c(C(=O)O)c2C)cc1. The molecule has 1 saturated carbocycles. The fourth-order valence-corrected chi connectivity index (χ4v) is 4.51. The van der Waals surface area contributed by atoms with Gasteiger partial charge in [-0.15, -0.1) is 0 Å². The molecule has 0 unspecified atom stereocenters. The minimum absolute atomic E-state index is 0.453. The van der Waals surface area contributed by atoms with Crippen molar-refractivity contribution in [3.8, 4) is 5.75 Å². The van der Waals surface area contributed by atoms with Gasteiger partial charge in [0.15, 0.2) is 0 Å². The molecule has 0 spiro atoms. The van der Waals surface area contributed by atoms with Crippen LogP contribution in [0.15, 0.2) is 24.3 Å². The van der Waals surface area contributed by atoms with Gasteiger partial charge in [0, 0.05) is 36.1 Å². The summed E-state index contributed by atoms with van der Waals surface area (Å²) in [5.74, 6) is -0.0152. The molecule has 1 aliphatic carbocycles. The fourth-order valence-electron chi connectivity index (χ4n) is 4.51. The van der Waals surface area contributed by atoms with Crippen LogP contribution in [0.1, 0.15) is 77.8 Å². The van der Waals surface area contributed by atoms with Crippen LogP contribution in [0, 0.1) is 13.8 Å². The summed E-state index contributed by atoms with van der Waals surface area (Å²) in [6.07, 6.45) is 8.88. The Morgan fingerprint density at radius 2 is 1.69 bits per heavy atom. The van der Waals surface area contributed by atoms with Crippen LogP contribution in [0.2, 0.25) is 0 Å². The summed E-state index contributed by atoms with van der Waals surface area (Å²) >= 11 is 0. The van der Waals surface area contributed by atoms with Crippen molar-refractivity contribution < 1.29 is 14.6 Å². The number of carboxylic acid groups (broad SMARTS) is 1. The van der Waals surface area contributed by atoms with Gasteiger partial charge in [0.1, 0.15) is 5.75 Å². The lowest BCUT2D eigenvalue weighted by Gasteiger charge is -2.21. The van der Waals surface area contributed by atoms with E-state index in [4.69, 9.17) is 4.74 Å². The summed E-state index contributed by atoms with van der Waals surface area (Å²) in [4.78, 5) is 12.0. The van der Waals surface area contributed by atoms with Gasteiger partial charge in [0.05, 0.1) is 12.7 Å². The van der Waals surface area contributed by atoms with E-state index in [1.165, 1.54) is 44.9 Å². The smallest absolute Gasteiger partial charge is 0.337 e. The van der Waals surface area contributed by atoms with Crippen LogP contribution in [0.4, 0.5) is 0 Å². The molecule has 2 N–H and O–H groups in total. The Kier molecular flexibility index (Phi) is 7.37. The summed E-state index contributed by atoms with van der Waals surface area (Å²) in [5.41, 5.74) is 4.36. The van der Waals surface area contributed by atoms with Gasteiger partial charge in [-0.2, -0.15) is 0 Å². The van der Waals surface area contributed by atoms with E-state index in [1.54, 1.807) is 7.11 Å². The second-order valence-corrected chi connectivity index (χ2v) is 8.19. The predicted octanol–water partition coefficient (Wildman–Crippen LogP) is 5.06. The van der Waals surface area contributed by atoms with Crippen molar-refractivity contribution in [3.63, 3.8) is 0 Å². The number of ether oxygens (including phenoxy) is 1. The van der Waals surface area contributed by atoms with Crippen LogP contribution in [-0.2, 0) is 13.1 Å². The first-order valence-corrected chi connectivity index (χ1v) is 10.8. The van der Waals surface area contributed by atoms with Crippen molar-refractivity contribution in [3.05, 3.63) is 52.3 Å². The summed E-state index contributed by atoms with van der Waals surface area (Å²) in [5, 5.41) is 13.5. The van der Waals surface area contributed by atoms with Crippen LogP contribution in [0.3, 0.4) is 0 Å². The molecule has 29 heavy (non-hydrogen) atoms. The standard InChI is InChI=1S/C24H34N2O3/c1-17-22(15-25-20-9-7-5-4-6-8-10-20)23(24(27)28)18(2)26(17)16-19-11-13-21(29-3)14-12-19/h11-14,20,25H,4-10,15-16H2,1-3H3,(H,27,28). The van der Waals surface area contributed by atoms with E-state index in [-0.39, 0.29) is 0 Å². The van der Waals surface area contributed by atoms with Gasteiger partial charge in [-0.3, -0.25) is 0 Å². The van der Waals surface area contributed by atoms with Crippen molar-refractivity contribution in [1.82, 2.24) is 9.88 Å². The summed E-state index contributed by atoms with van der Waals surface area (Å²) in [7, 11) is 1.66. The number of nitrogens with zero attached hydrogens (tertiary/aromatic N) is 1. The van der Waals surface area contributed by atoms with Gasteiger partial charge in [-0.1, -0.05) is 44.2 Å². The Labute approximate surface area is 174 Å². The van der Waals surface area contributed by atoms with Crippen LogP contribution in [0.5, 0.6) is 5.75 Å². The highest BCUT2D eigenvalue weighted by Crippen LogP contribution is 2.25. The molecular weight excluding hydrogens is 364 g/mol. The van der Waals surface area contributed by atoms with Crippen LogP contribution in [0.25, 0.3) is 0 Å². The normalized spacial score (nSPS) is 15.7. The number of carbonyl (C=O) groups is 1. The molecule has 1 aromatic carbocycles. The minimum atomic E-state index is -0.839. The average molecular weight is 399 g/mol. The molecule has 158 valence electrons. The number of aromatic nitrogens is 1. The number of benzene rings is 1. The van der Waals surface area contributed by atoms with Crippen molar-refractivity contribution >= 4 is 5.97 Å². The highest BCUT2D eigenvalue weighted by atomic mass is 16.5. The van der Waals surface area contributed by atoms with Gasteiger partial charge in [0.25, 0.3) is 0 Å². The maximum Gasteiger partial charge on any atom is 0.337 e. The largest absolute Gasteiger partial charge is 0.497 e. The molecule has 3 rings (SSSR count). The fraction of sp³-hybridized carbons (Fsp3) is 0.542. The Balaban J connectivity index is 1.80. The van der Waals surface area contributed by atoms with E-state index in [0.717, 1.165) is 28.3 Å². The molecule has 0 bridgehead atoms. The molecule has 1 aliphatic rings. The summed E-state index contributed by atoms with van der Waals surface area (Å²) in [6.45, 7) is 5.23. The molecule has 0 atom stereocenters. The molecule has 1 heterocycles. The lowest BCUT2D eigenvalue weighted by atomic mass is 9.96. The molecule has 1 fully saturated rings. The predicted molar refractivity (Wildman–Crippen MR) is 116 cm³/mol. The Hall–Kier alpha value is -2.27. The molecular formula is C24H34N2O3. The van der Waals surface area contributed by atoms with Gasteiger partial charge >= 0.3 is 5.97 Å². The van der Waals surface area contributed by atoms with Crippen molar-refractivity contribution in [2.45, 2.75) is 77.9 Å². The lowest BCUT2D eigenvalue weighted by Crippen LogP contribution is -2.30. The highest BCUT2D eigenvalue weighted by Gasteiger charge is 2.23. The summed E-state index contributed by atoms with van der Waals surface area (Å²) < 4.78 is 7.36. The third-order valence-corrected chi connectivity index (χ3v) is 6.30. The number of methoxy groups -OCH3 is 1. The van der Waals surface area contributed by atoms with Gasteiger partial charge < -0.3 is 19.7 Å². The topological polar surface area (TPSA) is 63.5 Å². The van der Waals surface area contributed by atoms with Gasteiger partial charge in [-0.05, 0) is 44.4 Å². The molecule has 2 aromatic rings. The molecule has 0 radical (unpaired) electrons. The molecule has 0 amide bonds. The molecule has 5 nitrogen and oxygen atoms in total. The van der Waals surface area contributed by atoms with Crippen molar-refractivity contribution in [2.24, 2.45) is 0 Å². The number of hydrogen-bond donors (Lipinski definition) is 2. The number of rotatable bonds is 7. The second-order valence-electron chi connectivity index (χ2n) is 8.19. The number of carboxylic acids is 1. The molecule has 0 saturated heterocycles. The van der Waals surface area contributed by atoms with Crippen molar-refractivity contribution in [2.75, 3.05) is 7.11 Å². The minimum Gasteiger partial charge on any atom is -0.497 e. The Morgan fingerprint density at radius 3 is 2.28 bits per heavy atom. The number of nitrogens with one attached hydrogen (secondary N) is 1. The second kappa shape index (κ2) is 9.97. The van der Waals surface area contributed by atoms with Crippen LogP contribution in [-0.4, -0.2) is 28.8 Å². The zero-order chi connectivity index (χ0) is 20.8. The lowest BCUT2D eigenvalue weighted by molar-refractivity contribution is 0.0694. The van der Waals surface area contributed by atoms with E-state index in [2.05, 4.69) is 9.88 Å². The Bertz CT molecular complexity index is 816. The van der Waals surface area contributed by atoms with Crippen LogP contribution < -0.4 is 10.1 Å². The first-order chi connectivity index (χ1) is 14.0. The third-order valence-electron chi connectivity index (χ3n) is 6.30. The quantitative estimate of drug-likeness (QED) is 0.684. The molecule has 5 heteroatoms. The zero-order valence-corrected chi connectivity index (χ0v) is 18.0. The maximum atomic E-state index is 12.0. The molecule has 0 aliphatic heterocycles. The van der Waals surface area contributed by atoms with E-state index in [0.29, 0.717) is 24.7 Å².